The zero-order chi connectivity index (χ0) is 16.0. The van der Waals surface area contributed by atoms with Crippen LogP contribution in [-0.2, 0) is 6.42 Å². The van der Waals surface area contributed by atoms with Gasteiger partial charge in [-0.1, -0.05) is 52.7 Å². The van der Waals surface area contributed by atoms with Crippen molar-refractivity contribution in [1.82, 2.24) is 14.6 Å². The van der Waals surface area contributed by atoms with Gasteiger partial charge in [-0.15, -0.1) is 0 Å². The normalized spacial score (nSPS) is 11.4. The van der Waals surface area contributed by atoms with Gasteiger partial charge < -0.3 is 0 Å². The summed E-state index contributed by atoms with van der Waals surface area (Å²) in [5.41, 5.74) is 1.30. The summed E-state index contributed by atoms with van der Waals surface area (Å²) in [5.74, 6) is 0. The second-order valence-corrected chi connectivity index (χ2v) is 6.86. The van der Waals surface area contributed by atoms with E-state index in [-0.39, 0.29) is 5.56 Å². The first kappa shape index (κ1) is 14.6. The molecule has 4 rings (SSSR count). The highest BCUT2D eigenvalue weighted by Gasteiger charge is 2.13. The molecule has 2 aromatic heterocycles. The Bertz CT molecular complexity index is 1080. The Kier molecular flexibility index (Phi) is 3.56. The number of halogens is 2. The number of hydrogen-bond acceptors (Lipinski definition) is 4. The van der Waals surface area contributed by atoms with E-state index >= 15 is 0 Å². The maximum absolute atomic E-state index is 12.5. The molecule has 0 saturated heterocycles. The molecule has 4 nitrogen and oxygen atoms in total. The third-order valence-corrected chi connectivity index (χ3v) is 5.15. The number of para-hydroxylation sites is 1. The minimum Gasteiger partial charge on any atom is -0.267 e. The lowest BCUT2D eigenvalue weighted by Gasteiger charge is -2.03. The number of benzene rings is 2. The van der Waals surface area contributed by atoms with Gasteiger partial charge in [-0.2, -0.15) is 9.61 Å². The summed E-state index contributed by atoms with van der Waals surface area (Å²) in [5, 5.41) is 6.84. The Morgan fingerprint density at radius 2 is 1.78 bits per heavy atom. The van der Waals surface area contributed by atoms with Gasteiger partial charge >= 0.3 is 0 Å². The SMILES string of the molecule is O=c1c2ccccc2nc2sc(Cc3c(Cl)cccc3Cl)nn12. The third kappa shape index (κ3) is 2.51. The number of aromatic nitrogens is 3. The highest BCUT2D eigenvalue weighted by molar-refractivity contribution is 7.16. The zero-order valence-corrected chi connectivity index (χ0v) is 14.0. The zero-order valence-electron chi connectivity index (χ0n) is 11.7. The molecule has 0 aliphatic heterocycles. The summed E-state index contributed by atoms with van der Waals surface area (Å²) < 4.78 is 1.34. The molecule has 0 spiro atoms. The third-order valence-electron chi connectivity index (χ3n) is 3.53. The molecule has 2 heterocycles. The molecule has 0 unspecified atom stereocenters. The predicted molar refractivity (Wildman–Crippen MR) is 93.9 cm³/mol. The largest absolute Gasteiger partial charge is 0.283 e. The Labute approximate surface area is 144 Å². The van der Waals surface area contributed by atoms with Crippen LogP contribution >= 0.6 is 34.5 Å². The molecule has 114 valence electrons. The number of nitrogens with zero attached hydrogens (tertiary/aromatic N) is 3. The molecular weight excluding hydrogens is 353 g/mol. The van der Waals surface area contributed by atoms with E-state index in [1.54, 1.807) is 24.3 Å². The molecule has 0 aliphatic rings. The summed E-state index contributed by atoms with van der Waals surface area (Å²) in [6.07, 6.45) is 0.461. The first-order valence-electron chi connectivity index (χ1n) is 6.84. The van der Waals surface area contributed by atoms with Crippen LogP contribution in [0.3, 0.4) is 0 Å². The molecule has 0 atom stereocenters. The van der Waals surface area contributed by atoms with Gasteiger partial charge in [0.25, 0.3) is 5.56 Å². The first-order chi connectivity index (χ1) is 11.1. The standard InChI is InChI=1S/C16H9Cl2N3OS/c17-11-5-3-6-12(18)10(11)8-14-20-21-15(22)9-4-1-2-7-13(9)19-16(21)23-14/h1-7H,8H2. The van der Waals surface area contributed by atoms with Crippen LogP contribution in [0.1, 0.15) is 10.6 Å². The maximum atomic E-state index is 12.5. The van der Waals surface area contributed by atoms with Crippen molar-refractivity contribution < 1.29 is 0 Å². The lowest BCUT2D eigenvalue weighted by molar-refractivity contribution is 0.878. The van der Waals surface area contributed by atoms with Crippen molar-refractivity contribution in [3.63, 3.8) is 0 Å². The van der Waals surface area contributed by atoms with E-state index in [4.69, 9.17) is 23.2 Å². The topological polar surface area (TPSA) is 47.3 Å². The van der Waals surface area contributed by atoms with Crippen molar-refractivity contribution in [3.05, 3.63) is 73.4 Å². The van der Waals surface area contributed by atoms with Crippen molar-refractivity contribution in [2.24, 2.45) is 0 Å². The van der Waals surface area contributed by atoms with E-state index < -0.39 is 0 Å². The average molecular weight is 362 g/mol. The first-order valence-corrected chi connectivity index (χ1v) is 8.41. The lowest BCUT2D eigenvalue weighted by atomic mass is 10.1. The van der Waals surface area contributed by atoms with Crippen molar-refractivity contribution in [2.75, 3.05) is 0 Å². The number of rotatable bonds is 2. The van der Waals surface area contributed by atoms with Gasteiger partial charge in [-0.3, -0.25) is 4.79 Å². The van der Waals surface area contributed by atoms with E-state index in [9.17, 15) is 4.79 Å². The van der Waals surface area contributed by atoms with Gasteiger partial charge in [-0.05, 0) is 29.8 Å². The fraction of sp³-hybridized carbons (Fsp3) is 0.0625. The van der Waals surface area contributed by atoms with Crippen LogP contribution in [0.2, 0.25) is 10.0 Å². The van der Waals surface area contributed by atoms with Crippen LogP contribution < -0.4 is 5.56 Å². The predicted octanol–water partition coefficient (Wildman–Crippen LogP) is 4.20. The highest BCUT2D eigenvalue weighted by Crippen LogP contribution is 2.28. The highest BCUT2D eigenvalue weighted by atomic mass is 35.5. The van der Waals surface area contributed by atoms with Crippen LogP contribution in [0.25, 0.3) is 15.9 Å². The van der Waals surface area contributed by atoms with Gasteiger partial charge in [0.15, 0.2) is 0 Å². The van der Waals surface area contributed by atoms with E-state index in [1.807, 2.05) is 18.2 Å². The van der Waals surface area contributed by atoms with Crippen molar-refractivity contribution >= 4 is 50.4 Å². The van der Waals surface area contributed by atoms with E-state index in [2.05, 4.69) is 10.1 Å². The quantitative estimate of drug-likeness (QED) is 0.537. The van der Waals surface area contributed by atoms with Gasteiger partial charge in [0.2, 0.25) is 4.96 Å². The van der Waals surface area contributed by atoms with Gasteiger partial charge in [0.05, 0.1) is 10.9 Å². The molecule has 7 heteroatoms. The van der Waals surface area contributed by atoms with Gasteiger partial charge in [-0.25, -0.2) is 4.98 Å². The summed E-state index contributed by atoms with van der Waals surface area (Å²) in [6.45, 7) is 0. The van der Waals surface area contributed by atoms with E-state index in [0.29, 0.717) is 32.3 Å². The van der Waals surface area contributed by atoms with Gasteiger partial charge in [0.1, 0.15) is 5.01 Å². The summed E-state index contributed by atoms with van der Waals surface area (Å²) in [4.78, 5) is 17.6. The number of hydrogen-bond donors (Lipinski definition) is 0. The van der Waals surface area contributed by atoms with Crippen molar-refractivity contribution in [3.8, 4) is 0 Å². The van der Waals surface area contributed by atoms with Crippen LogP contribution in [-0.4, -0.2) is 14.6 Å². The molecule has 4 aromatic rings. The van der Waals surface area contributed by atoms with Crippen LogP contribution in [0.4, 0.5) is 0 Å². The molecule has 0 bridgehead atoms. The minimum atomic E-state index is -0.168. The molecule has 0 radical (unpaired) electrons. The Morgan fingerprint density at radius 3 is 2.57 bits per heavy atom. The monoisotopic (exact) mass is 361 g/mol. The van der Waals surface area contributed by atoms with E-state index in [1.165, 1.54) is 15.9 Å². The number of fused-ring (bicyclic) bond motifs is 2. The molecule has 0 fully saturated rings. The molecular formula is C16H9Cl2N3OS. The minimum absolute atomic E-state index is 0.168. The molecule has 0 aliphatic carbocycles. The van der Waals surface area contributed by atoms with Crippen LogP contribution in [0.15, 0.2) is 47.3 Å². The Hall–Kier alpha value is -1.95. The molecule has 0 N–H and O–H groups in total. The fourth-order valence-corrected chi connectivity index (χ4v) is 3.85. The van der Waals surface area contributed by atoms with E-state index in [0.717, 1.165) is 10.6 Å². The second-order valence-electron chi connectivity index (χ2n) is 5.00. The van der Waals surface area contributed by atoms with Crippen LogP contribution in [0.5, 0.6) is 0 Å². The fourth-order valence-electron chi connectivity index (χ4n) is 2.42. The van der Waals surface area contributed by atoms with Gasteiger partial charge in [0, 0.05) is 16.5 Å². The molecule has 2 aromatic carbocycles. The maximum Gasteiger partial charge on any atom is 0.283 e. The second kappa shape index (κ2) is 5.60. The molecule has 0 amide bonds. The Morgan fingerprint density at radius 1 is 1.04 bits per heavy atom. The summed E-state index contributed by atoms with van der Waals surface area (Å²) in [7, 11) is 0. The van der Waals surface area contributed by atoms with Crippen LogP contribution in [0, 0.1) is 0 Å². The Balaban J connectivity index is 1.88. The summed E-state index contributed by atoms with van der Waals surface area (Å²) in [6, 6.07) is 12.6. The summed E-state index contributed by atoms with van der Waals surface area (Å²) >= 11 is 13.8. The molecule has 23 heavy (non-hydrogen) atoms. The average Bonchev–Trinajstić information content (AvgIpc) is 2.94. The van der Waals surface area contributed by atoms with Crippen molar-refractivity contribution in [1.29, 1.82) is 0 Å². The van der Waals surface area contributed by atoms with Crippen molar-refractivity contribution in [2.45, 2.75) is 6.42 Å². The molecule has 0 saturated carbocycles. The lowest BCUT2D eigenvalue weighted by Crippen LogP contribution is -2.15. The smallest absolute Gasteiger partial charge is 0.267 e.